The number of hydrogen-bond donors (Lipinski definition) is 0. The van der Waals surface area contributed by atoms with E-state index < -0.39 is 0 Å². The molecule has 2 heterocycles. The standard InChI is InChI=1S/C58H70N2/c1-37(2)49-17-15-18-50(38(3)4)53(49)59-35-57(13,33-55(59,9)10)47-27-25-43-29-41(21-23-45(43)31-47)42-22-24-46-32-48(28-26-44(46)30-42)58(14)34-56(11,12)60(36-58)54-51(39(5)6)19-16-20-52(54)40(7)8/h15-32,35-40H,33-34H2,1-14H3/q+2/t57-,58+. The van der Waals surface area contributed by atoms with Crippen molar-refractivity contribution >= 4 is 45.3 Å². The molecule has 0 unspecified atom stereocenters. The van der Waals surface area contributed by atoms with Crippen molar-refractivity contribution in [3.05, 3.63) is 143 Å². The van der Waals surface area contributed by atoms with E-state index in [0.717, 1.165) is 12.8 Å². The third kappa shape index (κ3) is 7.26. The molecule has 0 aliphatic carbocycles. The van der Waals surface area contributed by atoms with Gasteiger partial charge < -0.3 is 0 Å². The van der Waals surface area contributed by atoms with E-state index in [9.17, 15) is 0 Å². The van der Waals surface area contributed by atoms with Crippen LogP contribution in [0.3, 0.4) is 0 Å². The Morgan fingerprint density at radius 3 is 1.00 bits per heavy atom. The van der Waals surface area contributed by atoms with Gasteiger partial charge in [0.2, 0.25) is 11.4 Å². The van der Waals surface area contributed by atoms with Crippen molar-refractivity contribution in [3.8, 4) is 11.1 Å². The Kier molecular flexibility index (Phi) is 10.5. The molecule has 2 nitrogen and oxygen atoms in total. The van der Waals surface area contributed by atoms with Crippen LogP contribution < -0.4 is 0 Å². The molecule has 0 bridgehead atoms. The summed E-state index contributed by atoms with van der Waals surface area (Å²) in [6.45, 7) is 33.2. The molecule has 6 aromatic rings. The molecular weight excluding hydrogens is 725 g/mol. The van der Waals surface area contributed by atoms with E-state index in [1.807, 2.05) is 0 Å². The van der Waals surface area contributed by atoms with Crippen molar-refractivity contribution in [2.24, 2.45) is 0 Å². The molecule has 2 aliphatic rings. The van der Waals surface area contributed by atoms with Gasteiger partial charge in [0.05, 0.1) is 10.8 Å². The fraction of sp³-hybridized carbons (Fsp3) is 0.414. The van der Waals surface area contributed by atoms with Crippen LogP contribution in [-0.4, -0.2) is 32.7 Å². The predicted molar refractivity (Wildman–Crippen MR) is 260 cm³/mol. The lowest BCUT2D eigenvalue weighted by molar-refractivity contribution is -0.513. The van der Waals surface area contributed by atoms with Crippen molar-refractivity contribution in [3.63, 3.8) is 0 Å². The Balaban J connectivity index is 1.10. The third-order valence-electron chi connectivity index (χ3n) is 14.2. The molecule has 0 spiro atoms. The highest BCUT2D eigenvalue weighted by molar-refractivity contribution is 5.93. The highest BCUT2D eigenvalue weighted by atomic mass is 15.1. The zero-order chi connectivity index (χ0) is 43.1. The Hall–Kier alpha value is -4.82. The van der Waals surface area contributed by atoms with Crippen molar-refractivity contribution < 1.29 is 9.15 Å². The summed E-state index contributed by atoms with van der Waals surface area (Å²) < 4.78 is 5.26. The Morgan fingerprint density at radius 1 is 0.383 bits per heavy atom. The van der Waals surface area contributed by atoms with E-state index in [-0.39, 0.29) is 21.9 Å². The number of fused-ring (bicyclic) bond motifs is 2. The normalized spacial score (nSPS) is 21.2. The quantitative estimate of drug-likeness (QED) is 0.129. The first-order valence-corrected chi connectivity index (χ1v) is 22.9. The molecule has 8 rings (SSSR count). The Bertz CT molecular complexity index is 2460. The molecule has 0 amide bonds. The summed E-state index contributed by atoms with van der Waals surface area (Å²) in [5.74, 6) is 1.83. The Morgan fingerprint density at radius 2 is 0.683 bits per heavy atom. The minimum atomic E-state index is -0.0805. The monoisotopic (exact) mass is 795 g/mol. The van der Waals surface area contributed by atoms with Gasteiger partial charge in [-0.15, -0.1) is 0 Å². The van der Waals surface area contributed by atoms with Crippen molar-refractivity contribution in [2.75, 3.05) is 0 Å². The topological polar surface area (TPSA) is 6.02 Å². The first-order chi connectivity index (χ1) is 28.2. The second kappa shape index (κ2) is 15.0. The van der Waals surface area contributed by atoms with Crippen LogP contribution >= 0.6 is 0 Å². The largest absolute Gasteiger partial charge is 0.212 e. The first-order valence-electron chi connectivity index (χ1n) is 22.9. The number of hydrogen-bond acceptors (Lipinski definition) is 0. The van der Waals surface area contributed by atoms with Crippen LogP contribution in [0, 0.1) is 0 Å². The van der Waals surface area contributed by atoms with Crippen molar-refractivity contribution in [1.82, 2.24) is 0 Å². The summed E-state index contributed by atoms with van der Waals surface area (Å²) >= 11 is 0. The van der Waals surface area contributed by atoms with E-state index in [0.29, 0.717) is 23.7 Å². The molecule has 60 heavy (non-hydrogen) atoms. The average molecular weight is 795 g/mol. The molecule has 0 N–H and O–H groups in total. The number of nitrogens with zero attached hydrogens (tertiary/aromatic N) is 2. The minimum Gasteiger partial charge on any atom is -0.196 e. The van der Waals surface area contributed by atoms with Crippen LogP contribution in [0.15, 0.2) is 109 Å². The van der Waals surface area contributed by atoms with Crippen molar-refractivity contribution in [1.29, 1.82) is 0 Å². The summed E-state index contributed by atoms with van der Waals surface area (Å²) in [6.07, 6.45) is 7.22. The summed E-state index contributed by atoms with van der Waals surface area (Å²) in [6, 6.07) is 42.3. The molecule has 0 fully saturated rings. The summed E-state index contributed by atoms with van der Waals surface area (Å²) in [5.41, 5.74) is 13.7. The maximum absolute atomic E-state index is 2.63. The van der Waals surface area contributed by atoms with E-state index in [1.165, 1.54) is 77.4 Å². The number of para-hydroxylation sites is 2. The SMILES string of the molecule is CC(C)c1cccc(C(C)C)c1[N+]1=C[C@](C)(c2ccc3cc(-c4ccc5cc([C@]6(C)C=[N+](c7c(C(C)C)cccc7C(C)C)C(C)(C)C6)ccc5c4)ccc3c2)CC1(C)C. The fourth-order valence-corrected chi connectivity index (χ4v) is 11.2. The molecule has 0 aromatic heterocycles. The minimum absolute atomic E-state index is 0.0136. The molecule has 0 saturated heterocycles. The number of benzene rings is 6. The molecule has 0 saturated carbocycles. The van der Waals surface area contributed by atoms with Gasteiger partial charge in [-0.2, -0.15) is 9.15 Å². The van der Waals surface area contributed by atoms with Gasteiger partial charge in [0, 0.05) is 62.8 Å². The Labute approximate surface area is 362 Å². The van der Waals surface area contributed by atoms with E-state index in [1.54, 1.807) is 0 Å². The highest BCUT2D eigenvalue weighted by Gasteiger charge is 2.52. The smallest absolute Gasteiger partial charge is 0.196 e. The summed E-state index contributed by atoms with van der Waals surface area (Å²) in [4.78, 5) is 0. The lowest BCUT2D eigenvalue weighted by Gasteiger charge is -2.24. The molecule has 2 heteroatoms. The average Bonchev–Trinajstić information content (AvgIpc) is 3.62. The van der Waals surface area contributed by atoms with Gasteiger partial charge in [-0.25, -0.2) is 0 Å². The highest BCUT2D eigenvalue weighted by Crippen LogP contribution is 2.48. The maximum atomic E-state index is 2.63. The number of rotatable bonds is 9. The van der Waals surface area contributed by atoms with E-state index >= 15 is 0 Å². The molecule has 2 atom stereocenters. The second-order valence-electron chi connectivity index (χ2n) is 21.6. The maximum Gasteiger partial charge on any atom is 0.212 e. The van der Waals surface area contributed by atoms with E-state index in [4.69, 9.17) is 0 Å². The van der Waals surface area contributed by atoms with Gasteiger partial charge >= 0.3 is 0 Å². The summed E-state index contributed by atoms with van der Waals surface area (Å²) in [7, 11) is 0. The van der Waals surface area contributed by atoms with Gasteiger partial charge in [0.15, 0.2) is 23.5 Å². The molecular formula is C58H70N2+2. The fourth-order valence-electron chi connectivity index (χ4n) is 11.2. The van der Waals surface area contributed by atoms with Crippen LogP contribution in [-0.2, 0) is 10.8 Å². The predicted octanol–water partition coefficient (Wildman–Crippen LogP) is 15.9. The van der Waals surface area contributed by atoms with Gasteiger partial charge in [0.25, 0.3) is 0 Å². The van der Waals surface area contributed by atoms with Gasteiger partial charge in [-0.3, -0.25) is 0 Å². The molecule has 0 radical (unpaired) electrons. The first kappa shape index (κ1) is 41.9. The summed E-state index contributed by atoms with van der Waals surface area (Å²) in [5, 5.41) is 5.17. The molecule has 2 aliphatic heterocycles. The third-order valence-corrected chi connectivity index (χ3v) is 14.2. The zero-order valence-corrected chi connectivity index (χ0v) is 39.2. The van der Waals surface area contributed by atoms with Crippen LogP contribution in [0.1, 0.15) is 167 Å². The van der Waals surface area contributed by atoms with Crippen LogP contribution in [0.25, 0.3) is 32.7 Å². The lowest BCUT2D eigenvalue weighted by atomic mass is 9.76. The van der Waals surface area contributed by atoms with Crippen LogP contribution in [0.4, 0.5) is 11.4 Å². The van der Waals surface area contributed by atoms with Gasteiger partial charge in [0.1, 0.15) is 0 Å². The van der Waals surface area contributed by atoms with Gasteiger partial charge in [-0.05, 0) is 93.5 Å². The van der Waals surface area contributed by atoms with Gasteiger partial charge in [-0.1, -0.05) is 152 Å². The zero-order valence-electron chi connectivity index (χ0n) is 39.2. The van der Waals surface area contributed by atoms with Crippen molar-refractivity contribution in [2.45, 2.75) is 155 Å². The second-order valence-corrected chi connectivity index (χ2v) is 21.6. The molecule has 310 valence electrons. The molecule has 6 aromatic carbocycles. The van der Waals surface area contributed by atoms with Crippen LogP contribution in [0.2, 0.25) is 0 Å². The lowest BCUT2D eigenvalue weighted by Crippen LogP contribution is -2.31. The van der Waals surface area contributed by atoms with Crippen LogP contribution in [0.5, 0.6) is 0 Å². The van der Waals surface area contributed by atoms with E-state index in [2.05, 4.69) is 228 Å².